The Labute approximate surface area is 116 Å². The van der Waals surface area contributed by atoms with Gasteiger partial charge < -0.3 is 0 Å². The van der Waals surface area contributed by atoms with Crippen LogP contribution in [0, 0.1) is 5.92 Å². The lowest BCUT2D eigenvalue weighted by Crippen LogP contribution is -1.81. The maximum absolute atomic E-state index is 2.25. The molecule has 0 N–H and O–H groups in total. The Hall–Kier alpha value is 0. The summed E-state index contributed by atoms with van der Waals surface area (Å²) >= 11 is 0. The lowest BCUT2D eigenvalue weighted by atomic mass is 10.1. The van der Waals surface area contributed by atoms with E-state index in [1.54, 1.807) is 0 Å². The van der Waals surface area contributed by atoms with Gasteiger partial charge in [0.2, 0.25) is 0 Å². The topological polar surface area (TPSA) is 0 Å². The highest BCUT2D eigenvalue weighted by atomic mass is 13.9. The van der Waals surface area contributed by atoms with E-state index in [4.69, 9.17) is 0 Å². The maximum Gasteiger partial charge on any atom is -0.0471 e. The van der Waals surface area contributed by atoms with Gasteiger partial charge in [-0.25, -0.2) is 0 Å². The van der Waals surface area contributed by atoms with Crippen molar-refractivity contribution in [2.24, 2.45) is 5.92 Å². The summed E-state index contributed by atoms with van der Waals surface area (Å²) < 4.78 is 0. The molecule has 0 amide bonds. The third kappa shape index (κ3) is 348. The predicted octanol–water partition coefficient (Wildman–Crippen LogP) is 7.96. The van der Waals surface area contributed by atoms with Gasteiger partial charge in [0.1, 0.15) is 0 Å². The van der Waals surface area contributed by atoms with Crippen molar-refractivity contribution in [3.05, 3.63) is 0 Å². The second-order valence-corrected chi connectivity index (χ2v) is 2.89. The molecule has 0 aromatic rings. The zero-order valence-electron chi connectivity index (χ0n) is 15.7. The van der Waals surface area contributed by atoms with Crippen molar-refractivity contribution in [1.82, 2.24) is 0 Å². The van der Waals surface area contributed by atoms with Crippen molar-refractivity contribution in [3.8, 4) is 0 Å². The molecule has 0 aliphatic carbocycles. The molecule has 17 heavy (non-hydrogen) atoms. The maximum atomic E-state index is 2.25. The summed E-state index contributed by atoms with van der Waals surface area (Å²) in [6, 6.07) is 0. The van der Waals surface area contributed by atoms with E-state index in [1.165, 1.54) is 19.3 Å². The summed E-state index contributed by atoms with van der Waals surface area (Å²) in [5.41, 5.74) is 0. The molecular weight excluding hydrogens is 204 g/mol. The lowest BCUT2D eigenvalue weighted by Gasteiger charge is -1.95. The van der Waals surface area contributed by atoms with Gasteiger partial charge in [0.25, 0.3) is 0 Å². The van der Waals surface area contributed by atoms with Crippen LogP contribution in [0.1, 0.15) is 109 Å². The van der Waals surface area contributed by atoms with Gasteiger partial charge in [-0.15, -0.1) is 0 Å². The van der Waals surface area contributed by atoms with Crippen LogP contribution in [0.15, 0.2) is 0 Å². The summed E-state index contributed by atoms with van der Waals surface area (Å²) in [7, 11) is 0. The van der Waals surface area contributed by atoms with Crippen molar-refractivity contribution >= 4 is 0 Å². The highest BCUT2D eigenvalue weighted by Crippen LogP contribution is 2.00. The van der Waals surface area contributed by atoms with E-state index in [0.717, 1.165) is 5.92 Å². The van der Waals surface area contributed by atoms with Gasteiger partial charge in [-0.05, 0) is 5.92 Å². The smallest absolute Gasteiger partial charge is 0.0471 e. The van der Waals surface area contributed by atoms with Gasteiger partial charge in [-0.2, -0.15) is 0 Å². The third-order valence-electron chi connectivity index (χ3n) is 0.866. The quantitative estimate of drug-likeness (QED) is 0.466. The lowest BCUT2D eigenvalue weighted by molar-refractivity contribution is 0.576. The first-order chi connectivity index (χ1) is 8.18. The van der Waals surface area contributed by atoms with Crippen LogP contribution in [0.3, 0.4) is 0 Å². The van der Waals surface area contributed by atoms with E-state index in [0.29, 0.717) is 0 Å². The van der Waals surface area contributed by atoms with Crippen molar-refractivity contribution in [2.45, 2.75) is 109 Å². The highest BCUT2D eigenvalue weighted by Gasteiger charge is 1.85. The summed E-state index contributed by atoms with van der Waals surface area (Å²) in [5, 5.41) is 0. The molecule has 0 aromatic heterocycles. The molecule has 0 saturated heterocycles. The average molecular weight is 251 g/mol. The number of hydrogen-bond acceptors (Lipinski definition) is 0. The van der Waals surface area contributed by atoms with Crippen LogP contribution in [0.5, 0.6) is 0 Å². The van der Waals surface area contributed by atoms with Crippen molar-refractivity contribution < 1.29 is 0 Å². The fourth-order valence-corrected chi connectivity index (χ4v) is 0.577. The highest BCUT2D eigenvalue weighted by molar-refractivity contribution is 4.38. The van der Waals surface area contributed by atoms with Crippen LogP contribution < -0.4 is 0 Å². The molecule has 0 fully saturated rings. The molecule has 0 spiro atoms. The minimum atomic E-state index is 0.898. The molecule has 0 rings (SSSR count). The van der Waals surface area contributed by atoms with E-state index < -0.39 is 0 Å². The molecule has 0 heteroatoms. The SMILES string of the molecule is CC.CC.CC.CC.CCC.CCCC(C)C. The van der Waals surface area contributed by atoms with Gasteiger partial charge in [-0.3, -0.25) is 0 Å². The van der Waals surface area contributed by atoms with Crippen molar-refractivity contribution in [2.75, 3.05) is 0 Å². The molecule has 0 radical (unpaired) electrons. The summed E-state index contributed by atoms with van der Waals surface area (Å²) in [5.74, 6) is 0.898. The van der Waals surface area contributed by atoms with Gasteiger partial charge in [0.15, 0.2) is 0 Å². The van der Waals surface area contributed by atoms with E-state index in [2.05, 4.69) is 34.6 Å². The third-order valence-corrected chi connectivity index (χ3v) is 0.866. The number of hydrogen-bond donors (Lipinski definition) is 0. The molecule has 0 atom stereocenters. The molecule has 0 aliphatic heterocycles. The molecular formula is C17H46. The standard InChI is InChI=1S/C6H14.C3H8.4C2H6/c1-4-5-6(2)3;1-3-2;4*1-2/h6H,4-5H2,1-3H3;3H2,1-2H3;4*1-2H3. The Morgan fingerprint density at radius 1 is 0.588 bits per heavy atom. The van der Waals surface area contributed by atoms with E-state index >= 15 is 0 Å². The van der Waals surface area contributed by atoms with Gasteiger partial charge >= 0.3 is 0 Å². The van der Waals surface area contributed by atoms with Gasteiger partial charge in [0.05, 0.1) is 0 Å². The summed E-state index contributed by atoms with van der Waals surface area (Å²) in [4.78, 5) is 0. The van der Waals surface area contributed by atoms with Crippen molar-refractivity contribution in [3.63, 3.8) is 0 Å². The first-order valence-electron chi connectivity index (χ1n) is 8.18. The minimum absolute atomic E-state index is 0.898. The summed E-state index contributed by atoms with van der Waals surface area (Å²) in [6.07, 6.45) is 3.96. The first-order valence-corrected chi connectivity index (χ1v) is 8.18. The fraction of sp³-hybridized carbons (Fsp3) is 1.00. The van der Waals surface area contributed by atoms with Gasteiger partial charge in [-0.1, -0.05) is 109 Å². The van der Waals surface area contributed by atoms with Crippen LogP contribution in [-0.4, -0.2) is 0 Å². The average Bonchev–Trinajstić information content (AvgIpc) is 2.40. The van der Waals surface area contributed by atoms with Gasteiger partial charge in [0, 0.05) is 0 Å². The zero-order valence-corrected chi connectivity index (χ0v) is 15.7. The molecule has 0 aliphatic rings. The second-order valence-electron chi connectivity index (χ2n) is 2.89. The Kier molecular flexibility index (Phi) is 212. The van der Waals surface area contributed by atoms with E-state index in [9.17, 15) is 0 Å². The zero-order chi connectivity index (χ0) is 15.7. The molecule has 0 heterocycles. The Bertz CT molecular complexity index is 29.0. The van der Waals surface area contributed by atoms with Crippen LogP contribution in [0.4, 0.5) is 0 Å². The van der Waals surface area contributed by atoms with E-state index in [1.807, 2.05) is 55.4 Å². The molecule has 0 nitrogen and oxygen atoms in total. The van der Waals surface area contributed by atoms with Crippen LogP contribution >= 0.6 is 0 Å². The predicted molar refractivity (Wildman–Crippen MR) is 91.1 cm³/mol. The molecule has 0 saturated carbocycles. The monoisotopic (exact) mass is 250 g/mol. The fourth-order valence-electron chi connectivity index (χ4n) is 0.577. The molecule has 0 bridgehead atoms. The molecule has 114 valence electrons. The minimum Gasteiger partial charge on any atom is -0.0683 e. The molecule has 0 aromatic carbocycles. The largest absolute Gasteiger partial charge is 0.0683 e. The normalized spacial score (nSPS) is 6.00. The summed E-state index contributed by atoms with van der Waals surface area (Å²) in [6.45, 7) is 27.0. The van der Waals surface area contributed by atoms with Crippen molar-refractivity contribution in [1.29, 1.82) is 0 Å². The molecule has 0 unspecified atom stereocenters. The first kappa shape index (κ1) is 36.0. The Morgan fingerprint density at radius 2 is 0.765 bits per heavy atom. The van der Waals surface area contributed by atoms with Crippen LogP contribution in [0.2, 0.25) is 0 Å². The Balaban J connectivity index is -0.0000000238. The van der Waals surface area contributed by atoms with Crippen LogP contribution in [0.25, 0.3) is 0 Å². The van der Waals surface area contributed by atoms with Crippen LogP contribution in [-0.2, 0) is 0 Å². The van der Waals surface area contributed by atoms with E-state index in [-0.39, 0.29) is 0 Å². The second kappa shape index (κ2) is 100. The Morgan fingerprint density at radius 3 is 0.765 bits per heavy atom. The number of rotatable bonds is 2.